The number of rotatable bonds is 3. The van der Waals surface area contributed by atoms with Crippen molar-refractivity contribution in [2.75, 3.05) is 0 Å². The average molecular weight is 220 g/mol. The Morgan fingerprint density at radius 2 is 2.12 bits per heavy atom. The predicted molar refractivity (Wildman–Crippen MR) is 61.3 cm³/mol. The first-order valence-electron chi connectivity index (χ1n) is 6.31. The van der Waals surface area contributed by atoms with Crippen LogP contribution in [0.2, 0.25) is 0 Å². The molecule has 3 heteroatoms. The fourth-order valence-electron chi connectivity index (χ4n) is 3.20. The van der Waals surface area contributed by atoms with Crippen LogP contribution in [0.4, 0.5) is 0 Å². The summed E-state index contributed by atoms with van der Waals surface area (Å²) >= 11 is 0. The standard InChI is InChI=1S/C13H20N2O/c1-8(2)11(7-14)13(16)15-12-6-9-3-4-10(12)5-9/h8-12H,3-6H2,1-2H3,(H,15,16). The number of fused-ring (bicyclic) bond motifs is 2. The van der Waals surface area contributed by atoms with Gasteiger partial charge < -0.3 is 5.32 Å². The minimum atomic E-state index is -0.487. The Labute approximate surface area is 97.2 Å². The van der Waals surface area contributed by atoms with Gasteiger partial charge in [0.1, 0.15) is 5.92 Å². The number of amides is 1. The summed E-state index contributed by atoms with van der Waals surface area (Å²) in [7, 11) is 0. The van der Waals surface area contributed by atoms with Gasteiger partial charge in [0, 0.05) is 6.04 Å². The highest BCUT2D eigenvalue weighted by Gasteiger charge is 2.40. The van der Waals surface area contributed by atoms with Crippen LogP contribution in [0.3, 0.4) is 0 Å². The minimum Gasteiger partial charge on any atom is -0.352 e. The Bertz CT molecular complexity index is 318. The smallest absolute Gasteiger partial charge is 0.237 e. The maximum absolute atomic E-state index is 11.9. The second-order valence-corrected chi connectivity index (χ2v) is 5.64. The van der Waals surface area contributed by atoms with Crippen molar-refractivity contribution in [1.82, 2.24) is 5.32 Å². The zero-order valence-electron chi connectivity index (χ0n) is 10.1. The second-order valence-electron chi connectivity index (χ2n) is 5.64. The van der Waals surface area contributed by atoms with Crippen LogP contribution in [-0.2, 0) is 4.79 Å². The molecule has 2 aliphatic carbocycles. The van der Waals surface area contributed by atoms with Crippen LogP contribution in [0, 0.1) is 35.0 Å². The Morgan fingerprint density at radius 1 is 1.38 bits per heavy atom. The van der Waals surface area contributed by atoms with Crippen LogP contribution < -0.4 is 5.32 Å². The molecule has 0 aromatic heterocycles. The van der Waals surface area contributed by atoms with E-state index < -0.39 is 5.92 Å². The van der Waals surface area contributed by atoms with Crippen molar-refractivity contribution in [3.8, 4) is 6.07 Å². The van der Waals surface area contributed by atoms with Crippen molar-refractivity contribution in [2.45, 2.75) is 45.6 Å². The van der Waals surface area contributed by atoms with Gasteiger partial charge in [0.05, 0.1) is 6.07 Å². The maximum Gasteiger partial charge on any atom is 0.237 e. The van der Waals surface area contributed by atoms with Gasteiger partial charge in [0.25, 0.3) is 0 Å². The van der Waals surface area contributed by atoms with E-state index in [1.807, 2.05) is 13.8 Å². The first kappa shape index (κ1) is 11.4. The third kappa shape index (κ3) is 2.07. The number of nitriles is 1. The summed E-state index contributed by atoms with van der Waals surface area (Å²) in [6.07, 6.45) is 5.01. The Balaban J connectivity index is 1.90. The van der Waals surface area contributed by atoms with Gasteiger partial charge in [0.15, 0.2) is 0 Å². The highest BCUT2D eigenvalue weighted by molar-refractivity contribution is 5.81. The topological polar surface area (TPSA) is 52.9 Å². The van der Waals surface area contributed by atoms with Gasteiger partial charge in [-0.3, -0.25) is 4.79 Å². The molecule has 0 saturated heterocycles. The fourth-order valence-corrected chi connectivity index (χ4v) is 3.20. The van der Waals surface area contributed by atoms with Crippen LogP contribution in [0.25, 0.3) is 0 Å². The molecule has 2 fully saturated rings. The van der Waals surface area contributed by atoms with Gasteiger partial charge in [-0.2, -0.15) is 5.26 Å². The van der Waals surface area contributed by atoms with E-state index in [0.717, 1.165) is 12.3 Å². The van der Waals surface area contributed by atoms with E-state index in [1.165, 1.54) is 19.3 Å². The lowest BCUT2D eigenvalue weighted by molar-refractivity contribution is -0.125. The van der Waals surface area contributed by atoms with Gasteiger partial charge in [0.2, 0.25) is 5.91 Å². The van der Waals surface area contributed by atoms with E-state index >= 15 is 0 Å². The summed E-state index contributed by atoms with van der Waals surface area (Å²) < 4.78 is 0. The molecule has 4 unspecified atom stereocenters. The largest absolute Gasteiger partial charge is 0.352 e. The molecule has 0 aromatic rings. The van der Waals surface area contributed by atoms with Crippen LogP contribution in [-0.4, -0.2) is 11.9 Å². The minimum absolute atomic E-state index is 0.0601. The highest BCUT2D eigenvalue weighted by Crippen LogP contribution is 2.44. The van der Waals surface area contributed by atoms with Crippen molar-refractivity contribution in [3.05, 3.63) is 0 Å². The van der Waals surface area contributed by atoms with Crippen LogP contribution in [0.15, 0.2) is 0 Å². The van der Waals surface area contributed by atoms with Gasteiger partial charge in [-0.15, -0.1) is 0 Å². The predicted octanol–water partition coefficient (Wildman–Crippen LogP) is 2.09. The highest BCUT2D eigenvalue weighted by atomic mass is 16.1. The van der Waals surface area contributed by atoms with Crippen LogP contribution >= 0.6 is 0 Å². The number of nitrogens with zero attached hydrogens (tertiary/aromatic N) is 1. The molecule has 2 saturated carbocycles. The fraction of sp³-hybridized carbons (Fsp3) is 0.846. The third-order valence-corrected chi connectivity index (χ3v) is 4.15. The molecule has 1 amide bonds. The zero-order valence-corrected chi connectivity index (χ0v) is 10.1. The molecular formula is C13H20N2O. The quantitative estimate of drug-likeness (QED) is 0.791. The summed E-state index contributed by atoms with van der Waals surface area (Å²) in [5.41, 5.74) is 0. The molecule has 16 heavy (non-hydrogen) atoms. The number of carbonyl (C=O) groups is 1. The molecular weight excluding hydrogens is 200 g/mol. The third-order valence-electron chi connectivity index (χ3n) is 4.15. The van der Waals surface area contributed by atoms with E-state index in [-0.39, 0.29) is 11.8 Å². The van der Waals surface area contributed by atoms with Gasteiger partial charge in [-0.05, 0) is 37.0 Å². The number of hydrogen-bond acceptors (Lipinski definition) is 2. The lowest BCUT2D eigenvalue weighted by atomic mass is 9.92. The molecule has 2 rings (SSSR count). The molecule has 0 aliphatic heterocycles. The first-order chi connectivity index (χ1) is 7.61. The summed E-state index contributed by atoms with van der Waals surface area (Å²) in [6, 6.07) is 2.46. The van der Waals surface area contributed by atoms with E-state index in [4.69, 9.17) is 5.26 Å². The van der Waals surface area contributed by atoms with Crippen LogP contribution in [0.1, 0.15) is 39.5 Å². The van der Waals surface area contributed by atoms with Gasteiger partial charge in [-0.1, -0.05) is 20.3 Å². The number of nitrogens with one attached hydrogen (secondary N) is 1. The van der Waals surface area contributed by atoms with E-state index in [1.54, 1.807) is 0 Å². The van der Waals surface area contributed by atoms with E-state index in [0.29, 0.717) is 12.0 Å². The Morgan fingerprint density at radius 3 is 2.56 bits per heavy atom. The molecule has 0 radical (unpaired) electrons. The normalized spacial score (nSPS) is 33.8. The van der Waals surface area contributed by atoms with E-state index in [9.17, 15) is 4.79 Å². The van der Waals surface area contributed by atoms with Gasteiger partial charge >= 0.3 is 0 Å². The SMILES string of the molecule is CC(C)C(C#N)C(=O)NC1CC2CCC1C2. The van der Waals surface area contributed by atoms with Crippen LogP contribution in [0.5, 0.6) is 0 Å². The molecule has 2 aliphatic rings. The molecule has 0 heterocycles. The number of carbonyl (C=O) groups excluding carboxylic acids is 1. The Hall–Kier alpha value is -1.04. The zero-order chi connectivity index (χ0) is 11.7. The summed E-state index contributed by atoms with van der Waals surface area (Å²) in [5, 5.41) is 12.0. The Kier molecular flexibility index (Phi) is 3.18. The molecule has 1 N–H and O–H groups in total. The molecule has 88 valence electrons. The molecule has 0 aromatic carbocycles. The van der Waals surface area contributed by atoms with Crippen molar-refractivity contribution >= 4 is 5.91 Å². The first-order valence-corrected chi connectivity index (χ1v) is 6.31. The molecule has 2 bridgehead atoms. The maximum atomic E-state index is 11.9. The van der Waals surface area contributed by atoms with Crippen molar-refractivity contribution < 1.29 is 4.79 Å². The van der Waals surface area contributed by atoms with Crippen molar-refractivity contribution in [1.29, 1.82) is 5.26 Å². The number of hydrogen-bond donors (Lipinski definition) is 1. The lowest BCUT2D eigenvalue weighted by Gasteiger charge is -2.24. The van der Waals surface area contributed by atoms with Crippen molar-refractivity contribution in [2.24, 2.45) is 23.7 Å². The summed E-state index contributed by atoms with van der Waals surface area (Å²) in [4.78, 5) is 11.9. The summed E-state index contributed by atoms with van der Waals surface area (Å²) in [5.74, 6) is 1.06. The molecule has 0 spiro atoms. The average Bonchev–Trinajstić information content (AvgIpc) is 2.79. The molecule has 3 nitrogen and oxygen atoms in total. The lowest BCUT2D eigenvalue weighted by Crippen LogP contribution is -2.42. The monoisotopic (exact) mass is 220 g/mol. The van der Waals surface area contributed by atoms with Crippen molar-refractivity contribution in [3.63, 3.8) is 0 Å². The summed E-state index contributed by atoms with van der Waals surface area (Å²) in [6.45, 7) is 3.85. The second kappa shape index (κ2) is 4.45. The van der Waals surface area contributed by atoms with E-state index in [2.05, 4.69) is 11.4 Å². The molecule has 4 atom stereocenters. The van der Waals surface area contributed by atoms with Gasteiger partial charge in [-0.25, -0.2) is 0 Å².